The molecule has 0 spiro atoms. The molecular weight excluding hydrogens is 379 g/mol. The molecule has 0 amide bonds. The maximum Gasteiger partial charge on any atom is 1.00 e. The fourth-order valence-corrected chi connectivity index (χ4v) is 2.02. The van der Waals surface area contributed by atoms with Gasteiger partial charge in [0.1, 0.15) is 10.1 Å². The van der Waals surface area contributed by atoms with Gasteiger partial charge < -0.3 is 4.55 Å². The Labute approximate surface area is 148 Å². The van der Waals surface area contributed by atoms with E-state index in [2.05, 4.69) is 4.74 Å². The Kier molecular flexibility index (Phi) is 9.56. The van der Waals surface area contributed by atoms with Crippen molar-refractivity contribution in [3.63, 3.8) is 0 Å². The topological polar surface area (TPSA) is 66.4 Å². The second-order valence-electron chi connectivity index (χ2n) is 4.26. The van der Waals surface area contributed by atoms with E-state index < -0.39 is 52.8 Å². The molecule has 0 saturated carbocycles. The second kappa shape index (κ2) is 8.61. The van der Waals surface area contributed by atoms with Gasteiger partial charge in [-0.15, -0.1) is 0 Å². The van der Waals surface area contributed by atoms with Crippen molar-refractivity contribution >= 4 is 10.1 Å². The second-order valence-corrected chi connectivity index (χ2v) is 5.77. The molecule has 23 heavy (non-hydrogen) atoms. The van der Waals surface area contributed by atoms with Crippen molar-refractivity contribution in [3.8, 4) is 0 Å². The third-order valence-corrected chi connectivity index (χ3v) is 3.29. The first kappa shape index (κ1) is 25.5. The summed E-state index contributed by atoms with van der Waals surface area (Å²) in [5.41, 5.74) is -2.95. The van der Waals surface area contributed by atoms with Crippen LogP contribution in [0.5, 0.6) is 0 Å². The van der Waals surface area contributed by atoms with Crippen LogP contribution in [0.3, 0.4) is 0 Å². The summed E-state index contributed by atoms with van der Waals surface area (Å²) in [4.78, 5) is 0. The zero-order valence-electron chi connectivity index (χ0n) is 11.8. The molecule has 0 fully saturated rings. The first-order valence-electron chi connectivity index (χ1n) is 5.63. The average molecular weight is 390 g/mol. The normalized spacial score (nSPS) is 16.6. The Balaban J connectivity index is 0. The first-order valence-corrected chi connectivity index (χ1v) is 7.10. The Morgan fingerprint density at radius 2 is 1.52 bits per heavy atom. The molecule has 0 N–H and O–H groups in total. The average Bonchev–Trinajstić information content (AvgIpc) is 2.24. The summed E-state index contributed by atoms with van der Waals surface area (Å²) in [6.07, 6.45) is -19.9. The molecule has 0 heterocycles. The van der Waals surface area contributed by atoms with E-state index in [1.807, 2.05) is 0 Å². The minimum atomic E-state index is -5.99. The molecule has 4 nitrogen and oxygen atoms in total. The van der Waals surface area contributed by atoms with E-state index in [9.17, 15) is 48.1 Å². The molecule has 0 radical (unpaired) electrons. The summed E-state index contributed by atoms with van der Waals surface area (Å²) in [5.74, 6) is -5.99. The Morgan fingerprint density at radius 3 is 1.83 bits per heavy atom. The molecule has 134 valence electrons. The minimum absolute atomic E-state index is 0. The van der Waals surface area contributed by atoms with Crippen LogP contribution in [0.4, 0.5) is 35.1 Å². The maximum atomic E-state index is 13.1. The zero-order valence-corrected chi connectivity index (χ0v) is 14.7. The van der Waals surface area contributed by atoms with Gasteiger partial charge in [-0.3, -0.25) is 4.74 Å². The van der Waals surface area contributed by atoms with Crippen LogP contribution in [0.15, 0.2) is 0 Å². The van der Waals surface area contributed by atoms with Crippen LogP contribution in [0.1, 0.15) is 26.2 Å². The van der Waals surface area contributed by atoms with Crippen molar-refractivity contribution in [3.05, 3.63) is 0 Å². The van der Waals surface area contributed by atoms with Gasteiger partial charge in [0, 0.05) is 0 Å². The zero-order chi connectivity index (χ0) is 18.0. The van der Waals surface area contributed by atoms with Gasteiger partial charge in [-0.2, -0.15) is 30.7 Å². The third kappa shape index (κ3) is 7.82. The Morgan fingerprint density at radius 1 is 1.09 bits per heavy atom. The molecule has 0 aromatic carbocycles. The smallest absolute Gasteiger partial charge is 0.746 e. The largest absolute Gasteiger partial charge is 1.00 e. The summed E-state index contributed by atoms with van der Waals surface area (Å²) >= 11 is 0. The van der Waals surface area contributed by atoms with Crippen LogP contribution in [-0.2, 0) is 14.9 Å². The van der Waals surface area contributed by atoms with E-state index in [4.69, 9.17) is 0 Å². The number of alkyl halides is 8. The van der Waals surface area contributed by atoms with Crippen LogP contribution in [0.2, 0.25) is 0 Å². The monoisotopic (exact) mass is 390 g/mol. The molecule has 2 atom stereocenters. The summed E-state index contributed by atoms with van der Waals surface area (Å²) in [5, 5.41) is 0. The summed E-state index contributed by atoms with van der Waals surface area (Å²) < 4.78 is 136. The predicted molar refractivity (Wildman–Crippen MR) is 54.9 cm³/mol. The van der Waals surface area contributed by atoms with Crippen LogP contribution >= 0.6 is 0 Å². The predicted octanol–water partition coefficient (Wildman–Crippen LogP) is 0.197. The number of halogens is 8. The molecule has 0 aliphatic carbocycles. The van der Waals surface area contributed by atoms with Crippen molar-refractivity contribution in [1.29, 1.82) is 0 Å². The summed E-state index contributed by atoms with van der Waals surface area (Å²) in [7, 11) is -5.61. The molecule has 0 aliphatic rings. The van der Waals surface area contributed by atoms with E-state index in [1.165, 1.54) is 6.92 Å². The molecule has 0 aromatic rings. The molecule has 0 bridgehead atoms. The number of ether oxygens (including phenoxy) is 1. The Bertz CT molecular complexity index is 467. The van der Waals surface area contributed by atoms with Crippen LogP contribution in [0.25, 0.3) is 0 Å². The van der Waals surface area contributed by atoms with Gasteiger partial charge in [-0.05, 0) is 6.42 Å². The van der Waals surface area contributed by atoms with Gasteiger partial charge in [0.15, 0.2) is 11.6 Å². The Hall–Kier alpha value is 0.310. The van der Waals surface area contributed by atoms with Crippen LogP contribution in [-0.4, -0.2) is 42.8 Å². The van der Waals surface area contributed by atoms with Gasteiger partial charge in [-0.1, -0.05) is 13.3 Å². The molecule has 0 rings (SSSR count). The first-order chi connectivity index (χ1) is 9.54. The quantitative estimate of drug-likeness (QED) is 0.337. The van der Waals surface area contributed by atoms with Crippen molar-refractivity contribution in [2.45, 2.75) is 56.0 Å². The molecule has 0 aromatic heterocycles. The number of hydrogen-bond acceptors (Lipinski definition) is 4. The van der Waals surface area contributed by atoms with Gasteiger partial charge in [0.25, 0.3) is 0 Å². The fraction of sp³-hybridized carbons (Fsp3) is 1.00. The van der Waals surface area contributed by atoms with Crippen molar-refractivity contribution in [1.82, 2.24) is 0 Å². The van der Waals surface area contributed by atoms with E-state index in [-0.39, 0.29) is 36.0 Å². The SMILES string of the molecule is CCCC(OC(F)(F)C(F)(F)C(F)CC(F)(F)F)S(=O)(=O)[O-].[Na+]. The van der Waals surface area contributed by atoms with Gasteiger partial charge in [-0.25, -0.2) is 12.8 Å². The van der Waals surface area contributed by atoms with Gasteiger partial charge >= 0.3 is 47.8 Å². The molecule has 14 heteroatoms. The van der Waals surface area contributed by atoms with E-state index in [1.54, 1.807) is 0 Å². The molecular formula is C9H11F8NaO4S. The van der Waals surface area contributed by atoms with Crippen LogP contribution < -0.4 is 29.6 Å². The van der Waals surface area contributed by atoms with E-state index in [0.717, 1.165) is 0 Å². The van der Waals surface area contributed by atoms with E-state index in [0.29, 0.717) is 0 Å². The fourth-order valence-electron chi connectivity index (χ4n) is 1.26. The minimum Gasteiger partial charge on any atom is -0.746 e. The maximum absolute atomic E-state index is 13.1. The molecule has 0 saturated heterocycles. The summed E-state index contributed by atoms with van der Waals surface area (Å²) in [6.45, 7) is 1.19. The molecule has 2 unspecified atom stereocenters. The van der Waals surface area contributed by atoms with Gasteiger partial charge in [0.2, 0.25) is 0 Å². The van der Waals surface area contributed by atoms with Crippen molar-refractivity contribution < 1.29 is 82.4 Å². The van der Waals surface area contributed by atoms with Crippen molar-refractivity contribution in [2.75, 3.05) is 0 Å². The van der Waals surface area contributed by atoms with Gasteiger partial charge in [0.05, 0.1) is 6.42 Å². The standard InChI is InChI=1S/C9H12F8O4S.Na/c1-2-3-6(22(18,19)20)21-9(16,17)8(14,15)5(10)4-7(11,12)13;/h5-6H,2-4H2,1H3,(H,18,19,20);/q;+1/p-1. The summed E-state index contributed by atoms with van der Waals surface area (Å²) in [6, 6.07) is 0. The van der Waals surface area contributed by atoms with E-state index >= 15 is 0 Å². The van der Waals surface area contributed by atoms with Crippen LogP contribution in [0, 0.1) is 0 Å². The number of rotatable bonds is 8. The third-order valence-electron chi connectivity index (χ3n) is 2.32. The number of hydrogen-bond donors (Lipinski definition) is 0. The molecule has 0 aliphatic heterocycles. The van der Waals surface area contributed by atoms with Crippen molar-refractivity contribution in [2.24, 2.45) is 0 Å².